The van der Waals surface area contributed by atoms with Gasteiger partial charge in [0.15, 0.2) is 0 Å². The van der Waals surface area contributed by atoms with Gasteiger partial charge in [-0.25, -0.2) is 0 Å². The minimum absolute atomic E-state index is 0.292. The van der Waals surface area contributed by atoms with Crippen LogP contribution in [0, 0.1) is 19.3 Å². The van der Waals surface area contributed by atoms with Crippen molar-refractivity contribution >= 4 is 0 Å². The van der Waals surface area contributed by atoms with E-state index in [1.807, 2.05) is 0 Å². The van der Waals surface area contributed by atoms with E-state index in [0.29, 0.717) is 17.4 Å². The van der Waals surface area contributed by atoms with E-state index in [-0.39, 0.29) is 0 Å². The third kappa shape index (κ3) is 1.27. The fourth-order valence-corrected chi connectivity index (χ4v) is 2.45. The first-order chi connectivity index (χ1) is 6.44. The Bertz CT molecular complexity index is 365. The zero-order chi connectivity index (χ0) is 10.5. The molecule has 1 heteroatoms. The second kappa shape index (κ2) is 2.83. The molecule has 14 heavy (non-hydrogen) atoms. The van der Waals surface area contributed by atoms with Crippen LogP contribution in [0.2, 0.25) is 0 Å². The van der Waals surface area contributed by atoms with Gasteiger partial charge in [-0.1, -0.05) is 37.6 Å². The zero-order valence-corrected chi connectivity index (χ0v) is 9.46. The topological polar surface area (TPSA) is 26.0 Å². The molecule has 1 nitrogen and oxygen atoms in total. The van der Waals surface area contributed by atoms with Crippen molar-refractivity contribution in [2.75, 3.05) is 0 Å². The molecule has 0 amide bonds. The average molecular weight is 189 g/mol. The summed E-state index contributed by atoms with van der Waals surface area (Å²) >= 11 is 0. The van der Waals surface area contributed by atoms with Crippen LogP contribution in [-0.4, -0.2) is 6.04 Å². The fourth-order valence-electron chi connectivity index (χ4n) is 2.45. The maximum atomic E-state index is 6.08. The van der Waals surface area contributed by atoms with Gasteiger partial charge in [0.25, 0.3) is 0 Å². The van der Waals surface area contributed by atoms with Gasteiger partial charge in [0.2, 0.25) is 0 Å². The first-order valence-corrected chi connectivity index (χ1v) is 5.27. The third-order valence-electron chi connectivity index (χ3n) is 3.67. The highest BCUT2D eigenvalue weighted by atomic mass is 14.8. The number of benzene rings is 1. The molecule has 1 aromatic carbocycles. The largest absolute Gasteiger partial charge is 0.327 e. The molecule has 2 N–H and O–H groups in total. The highest BCUT2D eigenvalue weighted by molar-refractivity contribution is 5.41. The smallest absolute Gasteiger partial charge is 0.0172 e. The van der Waals surface area contributed by atoms with Crippen LogP contribution in [0.5, 0.6) is 0 Å². The van der Waals surface area contributed by atoms with Crippen LogP contribution in [0.1, 0.15) is 36.5 Å². The Morgan fingerprint density at radius 2 is 1.79 bits per heavy atom. The standard InChI is InChI=1S/C13H19N/c1-8-5-6-10(9(2)7-8)11-12(14)13(11,3)4/h5-7,11-12H,14H2,1-4H3/t11-,12-/m1/s1. The molecule has 0 aliphatic heterocycles. The number of nitrogens with two attached hydrogens (primary N) is 1. The van der Waals surface area contributed by atoms with Crippen LogP contribution in [0.25, 0.3) is 0 Å². The van der Waals surface area contributed by atoms with Gasteiger partial charge in [-0.15, -0.1) is 0 Å². The number of hydrogen-bond acceptors (Lipinski definition) is 1. The second-order valence-electron chi connectivity index (χ2n) is 5.18. The summed E-state index contributed by atoms with van der Waals surface area (Å²) < 4.78 is 0. The number of hydrogen-bond donors (Lipinski definition) is 1. The highest BCUT2D eigenvalue weighted by Gasteiger charge is 2.56. The quantitative estimate of drug-likeness (QED) is 0.722. The molecular weight excluding hydrogens is 170 g/mol. The lowest BCUT2D eigenvalue weighted by molar-refractivity contribution is 0.598. The van der Waals surface area contributed by atoms with E-state index in [0.717, 1.165) is 0 Å². The maximum absolute atomic E-state index is 6.08. The van der Waals surface area contributed by atoms with E-state index in [2.05, 4.69) is 45.9 Å². The molecule has 1 aliphatic rings. The molecule has 2 rings (SSSR count). The number of rotatable bonds is 1. The van der Waals surface area contributed by atoms with Crippen molar-refractivity contribution in [3.05, 3.63) is 34.9 Å². The van der Waals surface area contributed by atoms with E-state index in [1.165, 1.54) is 16.7 Å². The third-order valence-corrected chi connectivity index (χ3v) is 3.67. The molecule has 1 fully saturated rings. The van der Waals surface area contributed by atoms with Crippen LogP contribution in [0.3, 0.4) is 0 Å². The normalized spacial score (nSPS) is 28.9. The van der Waals surface area contributed by atoms with Gasteiger partial charge in [-0.2, -0.15) is 0 Å². The highest BCUT2D eigenvalue weighted by Crippen LogP contribution is 2.57. The van der Waals surface area contributed by atoms with Crippen molar-refractivity contribution in [1.82, 2.24) is 0 Å². The summed E-state index contributed by atoms with van der Waals surface area (Å²) in [5.74, 6) is 0.558. The van der Waals surface area contributed by atoms with Crippen molar-refractivity contribution < 1.29 is 0 Å². The molecule has 0 radical (unpaired) electrons. The monoisotopic (exact) mass is 189 g/mol. The van der Waals surface area contributed by atoms with Crippen LogP contribution in [-0.2, 0) is 0 Å². The minimum Gasteiger partial charge on any atom is -0.327 e. The van der Waals surface area contributed by atoms with E-state index in [1.54, 1.807) is 0 Å². The van der Waals surface area contributed by atoms with Gasteiger partial charge < -0.3 is 5.73 Å². The van der Waals surface area contributed by atoms with Crippen molar-refractivity contribution in [2.24, 2.45) is 11.1 Å². The van der Waals surface area contributed by atoms with Crippen molar-refractivity contribution in [3.8, 4) is 0 Å². The molecule has 0 heterocycles. The van der Waals surface area contributed by atoms with E-state index in [4.69, 9.17) is 5.73 Å². The van der Waals surface area contributed by atoms with Gasteiger partial charge in [-0.05, 0) is 30.4 Å². The molecule has 0 unspecified atom stereocenters. The summed E-state index contributed by atoms with van der Waals surface area (Å²) in [5.41, 5.74) is 10.5. The molecule has 1 aromatic rings. The summed E-state index contributed by atoms with van der Waals surface area (Å²) in [5, 5.41) is 0. The van der Waals surface area contributed by atoms with E-state index in [9.17, 15) is 0 Å². The molecular formula is C13H19N. The summed E-state index contributed by atoms with van der Waals surface area (Å²) in [6.45, 7) is 8.82. The van der Waals surface area contributed by atoms with Gasteiger partial charge in [-0.3, -0.25) is 0 Å². The molecule has 0 saturated heterocycles. The number of aryl methyl sites for hydroxylation is 2. The molecule has 0 spiro atoms. The Balaban J connectivity index is 2.36. The first-order valence-electron chi connectivity index (χ1n) is 5.27. The summed E-state index contributed by atoms with van der Waals surface area (Å²) in [7, 11) is 0. The van der Waals surface area contributed by atoms with Crippen LogP contribution in [0.4, 0.5) is 0 Å². The van der Waals surface area contributed by atoms with E-state index < -0.39 is 0 Å². The van der Waals surface area contributed by atoms with Crippen LogP contribution in [0.15, 0.2) is 18.2 Å². The van der Waals surface area contributed by atoms with Crippen LogP contribution >= 0.6 is 0 Å². The van der Waals surface area contributed by atoms with Gasteiger partial charge in [0, 0.05) is 12.0 Å². The Morgan fingerprint density at radius 1 is 1.21 bits per heavy atom. The zero-order valence-electron chi connectivity index (χ0n) is 9.46. The predicted molar refractivity (Wildman–Crippen MR) is 60.4 cm³/mol. The van der Waals surface area contributed by atoms with Crippen molar-refractivity contribution in [1.29, 1.82) is 0 Å². The molecule has 1 aliphatic carbocycles. The minimum atomic E-state index is 0.292. The molecule has 76 valence electrons. The first kappa shape index (κ1) is 9.72. The SMILES string of the molecule is Cc1ccc([C@@H]2[C@@H](N)C2(C)C)c(C)c1. The van der Waals surface area contributed by atoms with E-state index >= 15 is 0 Å². The summed E-state index contributed by atoms with van der Waals surface area (Å²) in [6.07, 6.45) is 0. The fraction of sp³-hybridized carbons (Fsp3) is 0.538. The Morgan fingerprint density at radius 3 is 2.21 bits per heavy atom. The Hall–Kier alpha value is -0.820. The molecule has 2 atom stereocenters. The predicted octanol–water partition coefficient (Wildman–Crippen LogP) is 2.75. The van der Waals surface area contributed by atoms with Gasteiger partial charge in [0.05, 0.1) is 0 Å². The van der Waals surface area contributed by atoms with Crippen LogP contribution < -0.4 is 5.73 Å². The van der Waals surface area contributed by atoms with Gasteiger partial charge >= 0.3 is 0 Å². The molecule has 1 saturated carbocycles. The Labute approximate surface area is 86.3 Å². The van der Waals surface area contributed by atoms with Gasteiger partial charge in [0.1, 0.15) is 0 Å². The average Bonchev–Trinajstić information content (AvgIpc) is 2.54. The lowest BCUT2D eigenvalue weighted by Gasteiger charge is -2.07. The molecule has 0 bridgehead atoms. The molecule has 0 aromatic heterocycles. The lowest BCUT2D eigenvalue weighted by atomic mass is 9.97. The lowest BCUT2D eigenvalue weighted by Crippen LogP contribution is -2.06. The Kier molecular flexibility index (Phi) is 1.97. The summed E-state index contributed by atoms with van der Waals surface area (Å²) in [4.78, 5) is 0. The summed E-state index contributed by atoms with van der Waals surface area (Å²) in [6, 6.07) is 7.01. The maximum Gasteiger partial charge on any atom is 0.0172 e. The van der Waals surface area contributed by atoms with Crippen molar-refractivity contribution in [3.63, 3.8) is 0 Å². The van der Waals surface area contributed by atoms with Crippen molar-refractivity contribution in [2.45, 2.75) is 39.7 Å². The second-order valence-corrected chi connectivity index (χ2v) is 5.18.